The Hall–Kier alpha value is -0.640. The largest absolute Gasteiger partial charge is 0.331 e. The first kappa shape index (κ1) is 16.4. The van der Waals surface area contributed by atoms with E-state index >= 15 is 0 Å². The Labute approximate surface area is 105 Å². The van der Waals surface area contributed by atoms with Gasteiger partial charge in [0.25, 0.3) is 5.97 Å². The predicted octanol–water partition coefficient (Wildman–Crippen LogP) is 3.66. The van der Waals surface area contributed by atoms with Crippen LogP contribution in [-0.2, 0) is 14.2 Å². The quantitative estimate of drug-likeness (QED) is 0.480. The van der Waals surface area contributed by atoms with Gasteiger partial charge in [-0.25, -0.2) is 0 Å². The highest BCUT2D eigenvalue weighted by Crippen LogP contribution is 2.12. The molecule has 0 saturated carbocycles. The molecule has 17 heavy (non-hydrogen) atoms. The van der Waals surface area contributed by atoms with Gasteiger partial charge in [0.1, 0.15) is 0 Å². The molecule has 0 saturated heterocycles. The Bertz CT molecular complexity index is 259. The Kier molecular flexibility index (Phi) is 8.13. The zero-order chi connectivity index (χ0) is 13.3. The molecule has 0 heterocycles. The SMILES string of the molecule is COC(C)(OC)OC/C=C(\C)CCC=C(C)C. The minimum Gasteiger partial charge on any atom is -0.331 e. The summed E-state index contributed by atoms with van der Waals surface area (Å²) in [5.41, 5.74) is 2.68. The van der Waals surface area contributed by atoms with E-state index in [2.05, 4.69) is 32.9 Å². The average Bonchev–Trinajstić information content (AvgIpc) is 2.28. The number of hydrogen-bond donors (Lipinski definition) is 0. The second kappa shape index (κ2) is 8.45. The van der Waals surface area contributed by atoms with Crippen molar-refractivity contribution in [3.63, 3.8) is 0 Å². The van der Waals surface area contributed by atoms with Gasteiger partial charge in [-0.15, -0.1) is 0 Å². The van der Waals surface area contributed by atoms with Gasteiger partial charge in [0.05, 0.1) is 6.61 Å². The van der Waals surface area contributed by atoms with E-state index in [1.54, 1.807) is 21.1 Å². The molecule has 0 N–H and O–H groups in total. The normalized spacial score (nSPS) is 12.7. The fourth-order valence-corrected chi connectivity index (χ4v) is 1.23. The minimum absolute atomic E-state index is 0.499. The Morgan fingerprint density at radius 3 is 2.12 bits per heavy atom. The molecule has 0 amide bonds. The number of rotatable bonds is 8. The van der Waals surface area contributed by atoms with E-state index in [1.807, 2.05) is 0 Å². The van der Waals surface area contributed by atoms with E-state index in [-0.39, 0.29) is 0 Å². The van der Waals surface area contributed by atoms with E-state index in [4.69, 9.17) is 14.2 Å². The Morgan fingerprint density at radius 1 is 1.06 bits per heavy atom. The summed E-state index contributed by atoms with van der Waals surface area (Å²) < 4.78 is 15.7. The number of hydrogen-bond acceptors (Lipinski definition) is 3. The topological polar surface area (TPSA) is 27.7 Å². The number of methoxy groups -OCH3 is 2. The molecule has 0 bridgehead atoms. The first-order valence-corrected chi connectivity index (χ1v) is 5.96. The molecule has 0 atom stereocenters. The maximum Gasteiger partial charge on any atom is 0.279 e. The lowest BCUT2D eigenvalue weighted by Crippen LogP contribution is -2.33. The van der Waals surface area contributed by atoms with Crippen LogP contribution < -0.4 is 0 Å². The second-order valence-corrected chi connectivity index (χ2v) is 4.45. The molecule has 0 spiro atoms. The molecule has 0 aliphatic rings. The van der Waals surface area contributed by atoms with Crippen molar-refractivity contribution < 1.29 is 14.2 Å². The lowest BCUT2D eigenvalue weighted by Gasteiger charge is -2.25. The van der Waals surface area contributed by atoms with Crippen molar-refractivity contribution in [1.29, 1.82) is 0 Å². The standard InChI is InChI=1S/C14H26O3/c1-12(2)8-7-9-13(3)10-11-17-14(4,15-5)16-6/h8,10H,7,9,11H2,1-6H3/b13-10+. The zero-order valence-corrected chi connectivity index (χ0v) is 12.0. The van der Waals surface area contributed by atoms with Crippen LogP contribution in [0, 0.1) is 0 Å². The van der Waals surface area contributed by atoms with Crippen molar-refractivity contribution in [3.8, 4) is 0 Å². The highest BCUT2D eigenvalue weighted by molar-refractivity contribution is 5.02. The number of ether oxygens (including phenoxy) is 3. The summed E-state index contributed by atoms with van der Waals surface area (Å²) in [4.78, 5) is 0. The molecule has 3 nitrogen and oxygen atoms in total. The molecule has 0 unspecified atom stereocenters. The van der Waals surface area contributed by atoms with E-state index < -0.39 is 5.97 Å². The number of allylic oxidation sites excluding steroid dienone is 3. The highest BCUT2D eigenvalue weighted by atomic mass is 16.9. The van der Waals surface area contributed by atoms with Gasteiger partial charge in [0.15, 0.2) is 0 Å². The molecule has 0 aromatic heterocycles. The third kappa shape index (κ3) is 8.13. The summed E-state index contributed by atoms with van der Waals surface area (Å²) in [6, 6.07) is 0. The van der Waals surface area contributed by atoms with Gasteiger partial charge in [0, 0.05) is 21.1 Å². The summed E-state index contributed by atoms with van der Waals surface area (Å²) >= 11 is 0. The summed E-state index contributed by atoms with van der Waals surface area (Å²) in [5.74, 6) is -0.948. The van der Waals surface area contributed by atoms with Crippen molar-refractivity contribution in [2.75, 3.05) is 20.8 Å². The van der Waals surface area contributed by atoms with Crippen LogP contribution in [0.25, 0.3) is 0 Å². The third-order valence-electron chi connectivity index (χ3n) is 2.61. The van der Waals surface area contributed by atoms with Gasteiger partial charge < -0.3 is 14.2 Å². The lowest BCUT2D eigenvalue weighted by molar-refractivity contribution is -0.346. The molecule has 0 aromatic carbocycles. The second-order valence-electron chi connectivity index (χ2n) is 4.45. The van der Waals surface area contributed by atoms with Crippen molar-refractivity contribution in [1.82, 2.24) is 0 Å². The fraction of sp³-hybridized carbons (Fsp3) is 0.714. The summed E-state index contributed by atoms with van der Waals surface area (Å²) in [5, 5.41) is 0. The van der Waals surface area contributed by atoms with Gasteiger partial charge in [-0.05, 0) is 33.6 Å². The minimum atomic E-state index is -0.948. The van der Waals surface area contributed by atoms with Gasteiger partial charge >= 0.3 is 0 Å². The molecular formula is C14H26O3. The first-order chi connectivity index (χ1) is 7.93. The van der Waals surface area contributed by atoms with E-state index in [0.29, 0.717) is 6.61 Å². The molecule has 0 radical (unpaired) electrons. The van der Waals surface area contributed by atoms with Crippen molar-refractivity contribution in [2.45, 2.75) is 46.5 Å². The summed E-state index contributed by atoms with van der Waals surface area (Å²) in [6.07, 6.45) is 6.45. The highest BCUT2D eigenvalue weighted by Gasteiger charge is 2.22. The van der Waals surface area contributed by atoms with Crippen molar-refractivity contribution in [2.24, 2.45) is 0 Å². The maximum absolute atomic E-state index is 5.49. The van der Waals surface area contributed by atoms with E-state index in [1.165, 1.54) is 11.1 Å². The zero-order valence-electron chi connectivity index (χ0n) is 12.0. The third-order valence-corrected chi connectivity index (χ3v) is 2.61. The van der Waals surface area contributed by atoms with Crippen LogP contribution in [0.3, 0.4) is 0 Å². The molecule has 0 aliphatic carbocycles. The van der Waals surface area contributed by atoms with Gasteiger partial charge in [-0.3, -0.25) is 0 Å². The van der Waals surface area contributed by atoms with Crippen LogP contribution in [-0.4, -0.2) is 26.8 Å². The fourth-order valence-electron chi connectivity index (χ4n) is 1.23. The van der Waals surface area contributed by atoms with Crippen LogP contribution in [0.4, 0.5) is 0 Å². The first-order valence-electron chi connectivity index (χ1n) is 5.96. The van der Waals surface area contributed by atoms with Gasteiger partial charge in [0.2, 0.25) is 0 Å². The van der Waals surface area contributed by atoms with E-state index in [9.17, 15) is 0 Å². The average molecular weight is 242 g/mol. The molecule has 0 fully saturated rings. The van der Waals surface area contributed by atoms with Crippen LogP contribution in [0.2, 0.25) is 0 Å². The van der Waals surface area contributed by atoms with Crippen molar-refractivity contribution >= 4 is 0 Å². The molecule has 100 valence electrons. The monoisotopic (exact) mass is 242 g/mol. The van der Waals surface area contributed by atoms with Crippen molar-refractivity contribution in [3.05, 3.63) is 23.3 Å². The Morgan fingerprint density at radius 2 is 1.65 bits per heavy atom. The predicted molar refractivity (Wildman–Crippen MR) is 70.8 cm³/mol. The van der Waals surface area contributed by atoms with Crippen LogP contribution in [0.1, 0.15) is 40.5 Å². The lowest BCUT2D eigenvalue weighted by atomic mass is 10.1. The molecule has 0 rings (SSSR count). The van der Waals surface area contributed by atoms with Gasteiger partial charge in [-0.1, -0.05) is 23.3 Å². The van der Waals surface area contributed by atoms with Gasteiger partial charge in [-0.2, -0.15) is 0 Å². The molecule has 0 aromatic rings. The summed E-state index contributed by atoms with van der Waals surface area (Å²) in [7, 11) is 3.13. The van der Waals surface area contributed by atoms with Crippen LogP contribution in [0.15, 0.2) is 23.3 Å². The maximum atomic E-state index is 5.49. The smallest absolute Gasteiger partial charge is 0.279 e. The molecule has 3 heteroatoms. The van der Waals surface area contributed by atoms with Crippen LogP contribution in [0.5, 0.6) is 0 Å². The van der Waals surface area contributed by atoms with Crippen LogP contribution >= 0.6 is 0 Å². The molecule has 0 aliphatic heterocycles. The molecular weight excluding hydrogens is 216 g/mol. The van der Waals surface area contributed by atoms with E-state index in [0.717, 1.165) is 12.8 Å². The summed E-state index contributed by atoms with van der Waals surface area (Å²) in [6.45, 7) is 8.59. The Balaban J connectivity index is 3.95.